The molecule has 0 aromatic rings. The second-order valence-corrected chi connectivity index (χ2v) is 2.42. The Morgan fingerprint density at radius 3 is 1.92 bits per heavy atom. The molecule has 0 aromatic heterocycles. The number of halogens is 4. The van der Waals surface area contributed by atoms with E-state index in [0.717, 1.165) is 6.92 Å². The summed E-state index contributed by atoms with van der Waals surface area (Å²) >= 11 is 0. The van der Waals surface area contributed by atoms with Crippen molar-refractivity contribution >= 4 is 0 Å². The average Bonchev–Trinajstić information content (AvgIpc) is 2.00. The maximum absolute atomic E-state index is 12.4. The van der Waals surface area contributed by atoms with Gasteiger partial charge in [-0.3, -0.25) is 0 Å². The van der Waals surface area contributed by atoms with E-state index in [1.807, 2.05) is 0 Å². The Bertz CT molecular complexity index is 135. The minimum Gasteiger partial charge on any atom is -0.316 e. The minimum absolute atomic E-state index is 0.287. The van der Waals surface area contributed by atoms with Crippen LogP contribution in [0.3, 0.4) is 0 Å². The fourth-order valence-corrected chi connectivity index (χ4v) is 0.542. The van der Waals surface area contributed by atoms with Crippen molar-refractivity contribution in [3.8, 4) is 0 Å². The molecule has 0 atom stereocenters. The van der Waals surface area contributed by atoms with Crippen molar-refractivity contribution in [2.75, 3.05) is 6.61 Å². The molecule has 0 N–H and O–H groups in total. The molecule has 0 rings (SSSR count). The first-order valence-corrected chi connectivity index (χ1v) is 3.77. The van der Waals surface area contributed by atoms with Gasteiger partial charge in [0.25, 0.3) is 0 Å². The molecule has 12 heavy (non-hydrogen) atoms. The van der Waals surface area contributed by atoms with Crippen molar-refractivity contribution in [1.82, 2.24) is 0 Å². The summed E-state index contributed by atoms with van der Waals surface area (Å²) in [6, 6.07) is 0. The van der Waals surface area contributed by atoms with Crippen molar-refractivity contribution in [3.05, 3.63) is 0 Å². The van der Waals surface area contributed by atoms with Crippen molar-refractivity contribution in [1.29, 1.82) is 0 Å². The zero-order chi connectivity index (χ0) is 9.83. The van der Waals surface area contributed by atoms with Crippen LogP contribution in [0.2, 0.25) is 0 Å². The van der Waals surface area contributed by atoms with Crippen LogP contribution in [-0.4, -0.2) is 18.6 Å². The second kappa shape index (κ2) is 4.07. The topological polar surface area (TPSA) is 9.23 Å². The summed E-state index contributed by atoms with van der Waals surface area (Å²) in [7, 11) is 0. The summed E-state index contributed by atoms with van der Waals surface area (Å²) in [5.41, 5.74) is 0. The smallest absolute Gasteiger partial charge is 0.316 e. The van der Waals surface area contributed by atoms with Gasteiger partial charge in [-0.25, -0.2) is 0 Å². The summed E-state index contributed by atoms with van der Waals surface area (Å²) < 4.78 is 53.3. The van der Waals surface area contributed by atoms with Gasteiger partial charge in [0.05, 0.1) is 6.61 Å². The molecule has 0 bridgehead atoms. The molecular weight excluding hydrogens is 176 g/mol. The molecule has 0 unspecified atom stereocenters. The normalized spacial score (nSPS) is 13.5. The van der Waals surface area contributed by atoms with Crippen molar-refractivity contribution < 1.29 is 22.3 Å². The Labute approximate surface area is 68.7 Å². The third-order valence-corrected chi connectivity index (χ3v) is 1.36. The van der Waals surface area contributed by atoms with Crippen LogP contribution in [0, 0.1) is 0 Å². The molecule has 0 aliphatic heterocycles. The van der Waals surface area contributed by atoms with Gasteiger partial charge in [-0.15, -0.1) is 0 Å². The molecule has 74 valence electrons. The molecule has 1 nitrogen and oxygen atoms in total. The van der Waals surface area contributed by atoms with Crippen molar-refractivity contribution in [3.63, 3.8) is 0 Å². The van der Waals surface area contributed by atoms with Gasteiger partial charge < -0.3 is 4.74 Å². The highest BCUT2D eigenvalue weighted by atomic mass is 19.3. The van der Waals surface area contributed by atoms with E-state index in [9.17, 15) is 17.6 Å². The van der Waals surface area contributed by atoms with Crippen LogP contribution in [0.25, 0.3) is 0 Å². The van der Waals surface area contributed by atoms with E-state index in [-0.39, 0.29) is 13.0 Å². The van der Waals surface area contributed by atoms with E-state index < -0.39 is 18.5 Å². The predicted molar refractivity (Wildman–Crippen MR) is 36.4 cm³/mol. The molecule has 0 fully saturated rings. The molecular formula is C7H12F4O. The highest BCUT2D eigenvalue weighted by Gasteiger charge is 2.56. The molecule has 0 aromatic carbocycles. The lowest BCUT2D eigenvalue weighted by Crippen LogP contribution is -2.42. The largest absolute Gasteiger partial charge is 0.419 e. The molecule has 0 saturated heterocycles. The van der Waals surface area contributed by atoms with Crippen LogP contribution in [0.15, 0.2) is 0 Å². The summed E-state index contributed by atoms with van der Waals surface area (Å²) in [4.78, 5) is 0. The number of ether oxygens (including phenoxy) is 1. The average molecular weight is 188 g/mol. The van der Waals surface area contributed by atoms with Crippen molar-refractivity contribution in [2.24, 2.45) is 0 Å². The molecule has 0 amide bonds. The Kier molecular flexibility index (Phi) is 3.96. The first-order chi connectivity index (χ1) is 5.37. The van der Waals surface area contributed by atoms with Gasteiger partial charge in [-0.2, -0.15) is 17.6 Å². The summed E-state index contributed by atoms with van der Waals surface area (Å²) in [6.07, 6.45) is -4.98. The number of alkyl halides is 4. The van der Waals surface area contributed by atoms with Crippen LogP contribution in [0.1, 0.15) is 26.7 Å². The first-order valence-electron chi connectivity index (χ1n) is 3.77. The van der Waals surface area contributed by atoms with Gasteiger partial charge in [0, 0.05) is 6.42 Å². The Morgan fingerprint density at radius 1 is 1.08 bits per heavy atom. The van der Waals surface area contributed by atoms with Crippen LogP contribution < -0.4 is 0 Å². The third-order valence-electron chi connectivity index (χ3n) is 1.36. The van der Waals surface area contributed by atoms with Gasteiger partial charge >= 0.3 is 12.0 Å². The zero-order valence-electron chi connectivity index (χ0n) is 7.04. The van der Waals surface area contributed by atoms with E-state index in [0.29, 0.717) is 0 Å². The quantitative estimate of drug-likeness (QED) is 0.602. The van der Waals surface area contributed by atoms with Crippen LogP contribution in [-0.2, 0) is 4.74 Å². The van der Waals surface area contributed by atoms with E-state index in [2.05, 4.69) is 4.74 Å². The monoisotopic (exact) mass is 188 g/mol. The lowest BCUT2D eigenvalue weighted by atomic mass is 10.2. The van der Waals surface area contributed by atoms with Crippen molar-refractivity contribution in [2.45, 2.75) is 38.7 Å². The van der Waals surface area contributed by atoms with E-state index in [1.165, 1.54) is 0 Å². The lowest BCUT2D eigenvalue weighted by molar-refractivity contribution is -0.347. The van der Waals surface area contributed by atoms with Gasteiger partial charge in [0.15, 0.2) is 0 Å². The molecule has 0 saturated carbocycles. The molecule has 0 aliphatic carbocycles. The summed E-state index contributed by atoms with van der Waals surface area (Å²) in [5.74, 6) is -4.07. The fourth-order valence-electron chi connectivity index (χ4n) is 0.542. The number of hydrogen-bond donors (Lipinski definition) is 0. The zero-order valence-corrected chi connectivity index (χ0v) is 7.04. The van der Waals surface area contributed by atoms with Crippen LogP contribution >= 0.6 is 0 Å². The number of rotatable bonds is 5. The molecule has 5 heteroatoms. The molecule has 0 heterocycles. The Morgan fingerprint density at radius 2 is 1.58 bits per heavy atom. The van der Waals surface area contributed by atoms with Crippen LogP contribution in [0.5, 0.6) is 0 Å². The number of hydrogen-bond acceptors (Lipinski definition) is 1. The first kappa shape index (κ1) is 11.7. The molecule has 0 spiro atoms. The van der Waals surface area contributed by atoms with Gasteiger partial charge in [0.1, 0.15) is 0 Å². The minimum atomic E-state index is -4.34. The molecule has 0 radical (unpaired) electrons. The fraction of sp³-hybridized carbons (Fsp3) is 1.00. The second-order valence-electron chi connectivity index (χ2n) is 2.42. The lowest BCUT2D eigenvalue weighted by Gasteiger charge is -2.24. The Balaban J connectivity index is 4.17. The van der Waals surface area contributed by atoms with Gasteiger partial charge in [-0.1, -0.05) is 13.8 Å². The molecule has 0 aliphatic rings. The SMILES string of the molecule is CCCOC(F)(F)C(F)(F)CC. The Hall–Kier alpha value is -0.320. The highest BCUT2D eigenvalue weighted by Crippen LogP contribution is 2.37. The maximum Gasteiger partial charge on any atom is 0.419 e. The predicted octanol–water partition coefficient (Wildman–Crippen LogP) is 3.05. The summed E-state index contributed by atoms with van der Waals surface area (Å²) in [5, 5.41) is 0. The third kappa shape index (κ3) is 2.62. The highest BCUT2D eigenvalue weighted by molar-refractivity contribution is 4.74. The standard InChI is InChI=1S/C7H12F4O/c1-3-5-12-7(10,11)6(8,9)4-2/h3-5H2,1-2H3. The van der Waals surface area contributed by atoms with E-state index in [1.54, 1.807) is 6.92 Å². The van der Waals surface area contributed by atoms with E-state index in [4.69, 9.17) is 0 Å². The van der Waals surface area contributed by atoms with E-state index >= 15 is 0 Å². The van der Waals surface area contributed by atoms with Gasteiger partial charge in [0.2, 0.25) is 0 Å². The maximum atomic E-state index is 12.4. The summed E-state index contributed by atoms with van der Waals surface area (Å²) in [6.45, 7) is 2.20. The van der Waals surface area contributed by atoms with Crippen LogP contribution in [0.4, 0.5) is 17.6 Å². The van der Waals surface area contributed by atoms with Gasteiger partial charge in [-0.05, 0) is 6.42 Å².